The van der Waals surface area contributed by atoms with Gasteiger partial charge >= 0.3 is 6.18 Å². The normalized spacial score (nSPS) is 12.8. The Morgan fingerprint density at radius 3 is 2.85 bits per heavy atom. The molecule has 0 spiro atoms. The van der Waals surface area contributed by atoms with Gasteiger partial charge in [-0.1, -0.05) is 6.07 Å². The number of rotatable bonds is 6. The summed E-state index contributed by atoms with van der Waals surface area (Å²) in [5, 5.41) is 11.0. The second-order valence-electron chi connectivity index (χ2n) is 3.88. The van der Waals surface area contributed by atoms with Crippen molar-refractivity contribution in [3.8, 4) is 5.88 Å². The van der Waals surface area contributed by atoms with E-state index >= 15 is 0 Å². The maximum absolute atomic E-state index is 12.1. The van der Waals surface area contributed by atoms with Crippen LogP contribution in [0.15, 0.2) is 18.3 Å². The Kier molecular flexibility index (Phi) is 5.71. The number of ether oxygens (including phenoxy) is 1. The third-order valence-electron chi connectivity index (χ3n) is 2.21. The summed E-state index contributed by atoms with van der Waals surface area (Å²) in [6.07, 6.45) is -3.20. The van der Waals surface area contributed by atoms with E-state index in [1.807, 2.05) is 0 Å². The lowest BCUT2D eigenvalue weighted by Crippen LogP contribution is -2.42. The van der Waals surface area contributed by atoms with Crippen LogP contribution >= 0.6 is 0 Å². The number of aliphatic hydroxyl groups is 1. The monoisotopic (exact) mass is 293 g/mol. The molecule has 0 aliphatic heterocycles. The van der Waals surface area contributed by atoms with Crippen molar-refractivity contribution in [2.75, 3.05) is 13.2 Å². The molecule has 1 aromatic rings. The van der Waals surface area contributed by atoms with E-state index in [9.17, 15) is 18.0 Å². The van der Waals surface area contributed by atoms with Gasteiger partial charge in [-0.3, -0.25) is 4.79 Å². The first kappa shape index (κ1) is 16.2. The van der Waals surface area contributed by atoms with Crippen LogP contribution in [0.4, 0.5) is 13.2 Å². The van der Waals surface area contributed by atoms with Crippen molar-refractivity contribution in [2.45, 2.75) is 18.8 Å². The summed E-state index contributed by atoms with van der Waals surface area (Å²) in [5.41, 5.74) is 5.55. The third kappa shape index (κ3) is 5.41. The van der Waals surface area contributed by atoms with Gasteiger partial charge in [0.1, 0.15) is 6.04 Å². The molecule has 112 valence electrons. The number of hydrogen-bond donors (Lipinski definition) is 3. The molecule has 1 heterocycles. The summed E-state index contributed by atoms with van der Waals surface area (Å²) in [6.45, 7) is -2.11. The standard InChI is InChI=1S/C11H14F3N3O3/c12-11(13,14)6-20-10-7(2-1-3-16-10)4-17-9(19)8(15)5-18/h1-3,8,18H,4-6,15H2,(H,17,19). The fraction of sp³-hybridized carbons (Fsp3) is 0.455. The van der Waals surface area contributed by atoms with Gasteiger partial charge in [0, 0.05) is 18.3 Å². The number of carbonyl (C=O) groups is 1. The van der Waals surface area contributed by atoms with E-state index in [0.29, 0.717) is 0 Å². The van der Waals surface area contributed by atoms with E-state index in [4.69, 9.17) is 10.8 Å². The number of carbonyl (C=O) groups excluding carboxylic acids is 1. The number of aromatic nitrogens is 1. The minimum atomic E-state index is -4.47. The van der Waals surface area contributed by atoms with Crippen LogP contribution < -0.4 is 15.8 Å². The van der Waals surface area contributed by atoms with Crippen LogP contribution in [0.3, 0.4) is 0 Å². The van der Waals surface area contributed by atoms with Crippen molar-refractivity contribution in [3.05, 3.63) is 23.9 Å². The van der Waals surface area contributed by atoms with Crippen LogP contribution in [0.25, 0.3) is 0 Å². The van der Waals surface area contributed by atoms with Crippen LogP contribution in [-0.2, 0) is 11.3 Å². The van der Waals surface area contributed by atoms with Gasteiger partial charge in [0.2, 0.25) is 11.8 Å². The number of aliphatic hydroxyl groups excluding tert-OH is 1. The SMILES string of the molecule is NC(CO)C(=O)NCc1cccnc1OCC(F)(F)F. The fourth-order valence-corrected chi connectivity index (χ4v) is 1.24. The number of amides is 1. The predicted molar refractivity (Wildman–Crippen MR) is 62.7 cm³/mol. The molecule has 1 atom stereocenters. The lowest BCUT2D eigenvalue weighted by molar-refractivity contribution is -0.154. The summed E-state index contributed by atoms with van der Waals surface area (Å²) in [6, 6.07) is 1.86. The summed E-state index contributed by atoms with van der Waals surface area (Å²) in [7, 11) is 0. The Balaban J connectivity index is 2.64. The van der Waals surface area contributed by atoms with Crippen molar-refractivity contribution >= 4 is 5.91 Å². The summed E-state index contributed by atoms with van der Waals surface area (Å²) in [4.78, 5) is 15.0. The topological polar surface area (TPSA) is 97.5 Å². The highest BCUT2D eigenvalue weighted by atomic mass is 19.4. The molecular formula is C11H14F3N3O3. The van der Waals surface area contributed by atoms with Gasteiger partial charge in [0.25, 0.3) is 0 Å². The Morgan fingerprint density at radius 1 is 1.55 bits per heavy atom. The molecule has 0 aliphatic carbocycles. The van der Waals surface area contributed by atoms with Crippen molar-refractivity contribution in [1.82, 2.24) is 10.3 Å². The number of pyridine rings is 1. The smallest absolute Gasteiger partial charge is 0.422 e. The highest BCUT2D eigenvalue weighted by Gasteiger charge is 2.29. The zero-order valence-corrected chi connectivity index (χ0v) is 10.4. The fourth-order valence-electron chi connectivity index (χ4n) is 1.24. The molecule has 0 aromatic carbocycles. The first-order valence-electron chi connectivity index (χ1n) is 5.61. The van der Waals surface area contributed by atoms with Crippen LogP contribution in [0.2, 0.25) is 0 Å². The first-order valence-corrected chi connectivity index (χ1v) is 5.61. The predicted octanol–water partition coefficient (Wildman–Crippen LogP) is -0.0415. The number of nitrogens with two attached hydrogens (primary N) is 1. The molecule has 0 fully saturated rings. The number of nitrogens with zero attached hydrogens (tertiary/aromatic N) is 1. The van der Waals surface area contributed by atoms with Crippen molar-refractivity contribution in [2.24, 2.45) is 5.73 Å². The van der Waals surface area contributed by atoms with Crippen LogP contribution in [0.1, 0.15) is 5.56 Å². The third-order valence-corrected chi connectivity index (χ3v) is 2.21. The zero-order valence-electron chi connectivity index (χ0n) is 10.4. The molecule has 1 aromatic heterocycles. The molecule has 9 heteroatoms. The lowest BCUT2D eigenvalue weighted by Gasteiger charge is -2.13. The molecule has 1 unspecified atom stereocenters. The van der Waals surface area contributed by atoms with Crippen LogP contribution in [0.5, 0.6) is 5.88 Å². The van der Waals surface area contributed by atoms with Gasteiger partial charge in [0.05, 0.1) is 6.61 Å². The van der Waals surface area contributed by atoms with Crippen LogP contribution in [-0.4, -0.2) is 41.4 Å². The number of alkyl halides is 3. The molecule has 4 N–H and O–H groups in total. The molecular weight excluding hydrogens is 279 g/mol. The van der Waals surface area contributed by atoms with E-state index < -0.39 is 31.3 Å². The average molecular weight is 293 g/mol. The van der Waals surface area contributed by atoms with Gasteiger partial charge in [0.15, 0.2) is 6.61 Å². The second kappa shape index (κ2) is 7.06. The average Bonchev–Trinajstić information content (AvgIpc) is 2.41. The number of halogens is 3. The van der Waals surface area contributed by atoms with Gasteiger partial charge < -0.3 is 20.9 Å². The molecule has 0 bridgehead atoms. The van der Waals surface area contributed by atoms with Crippen molar-refractivity contribution in [1.29, 1.82) is 0 Å². The first-order chi connectivity index (χ1) is 9.33. The zero-order chi connectivity index (χ0) is 15.2. The quantitative estimate of drug-likeness (QED) is 0.683. The van der Waals surface area contributed by atoms with E-state index in [1.165, 1.54) is 18.3 Å². The molecule has 20 heavy (non-hydrogen) atoms. The molecule has 0 saturated heterocycles. The molecule has 6 nitrogen and oxygen atoms in total. The maximum atomic E-state index is 12.1. The maximum Gasteiger partial charge on any atom is 0.422 e. The van der Waals surface area contributed by atoms with E-state index in [2.05, 4.69) is 15.0 Å². The summed E-state index contributed by atoms with van der Waals surface area (Å²) >= 11 is 0. The highest BCUT2D eigenvalue weighted by Crippen LogP contribution is 2.19. The molecule has 0 radical (unpaired) electrons. The second-order valence-corrected chi connectivity index (χ2v) is 3.88. The summed E-state index contributed by atoms with van der Waals surface area (Å²) in [5.74, 6) is -0.846. The van der Waals surface area contributed by atoms with Gasteiger partial charge in [-0.25, -0.2) is 4.98 Å². The molecule has 0 saturated carbocycles. The molecule has 0 aliphatic rings. The molecule has 1 amide bonds. The Hall–Kier alpha value is -1.87. The Morgan fingerprint density at radius 2 is 2.25 bits per heavy atom. The van der Waals surface area contributed by atoms with E-state index in [1.54, 1.807) is 0 Å². The van der Waals surface area contributed by atoms with Gasteiger partial charge in [-0.2, -0.15) is 13.2 Å². The summed E-state index contributed by atoms with van der Waals surface area (Å²) < 4.78 is 40.8. The minimum Gasteiger partial charge on any atom is -0.468 e. The number of hydrogen-bond acceptors (Lipinski definition) is 5. The molecule has 1 rings (SSSR count). The highest BCUT2D eigenvalue weighted by molar-refractivity contribution is 5.81. The van der Waals surface area contributed by atoms with Crippen LogP contribution in [0, 0.1) is 0 Å². The van der Waals surface area contributed by atoms with Crippen molar-refractivity contribution < 1.29 is 27.8 Å². The number of nitrogens with one attached hydrogen (secondary N) is 1. The Labute approximate surface area is 112 Å². The largest absolute Gasteiger partial charge is 0.468 e. The van der Waals surface area contributed by atoms with Gasteiger partial charge in [-0.05, 0) is 6.07 Å². The minimum absolute atomic E-state index is 0.104. The van der Waals surface area contributed by atoms with E-state index in [0.717, 1.165) is 0 Å². The van der Waals surface area contributed by atoms with Crippen molar-refractivity contribution in [3.63, 3.8) is 0 Å². The lowest BCUT2D eigenvalue weighted by atomic mass is 10.2. The Bertz CT molecular complexity index is 454. The van der Waals surface area contributed by atoms with Gasteiger partial charge in [-0.15, -0.1) is 0 Å². The van der Waals surface area contributed by atoms with E-state index in [-0.39, 0.29) is 18.0 Å².